The minimum absolute atomic E-state index is 0.00273. The van der Waals surface area contributed by atoms with Crippen LogP contribution in [0.5, 0.6) is 0 Å². The van der Waals surface area contributed by atoms with E-state index in [1.165, 1.54) is 18.7 Å². The van der Waals surface area contributed by atoms with Gasteiger partial charge in [0, 0.05) is 16.9 Å². The van der Waals surface area contributed by atoms with Gasteiger partial charge in [0.1, 0.15) is 33.7 Å². The number of carboxylic acids is 2. The summed E-state index contributed by atoms with van der Waals surface area (Å²) in [7, 11) is 0. The fourth-order valence-electron chi connectivity index (χ4n) is 4.75. The van der Waals surface area contributed by atoms with E-state index in [0.717, 1.165) is 32.8 Å². The lowest BCUT2D eigenvalue weighted by molar-refractivity contribution is -0.664. The van der Waals surface area contributed by atoms with E-state index >= 15 is 0 Å². The van der Waals surface area contributed by atoms with Crippen LogP contribution in [0.4, 0.5) is 5.13 Å². The van der Waals surface area contributed by atoms with Gasteiger partial charge in [0.25, 0.3) is 17.5 Å². The Morgan fingerprint density at radius 1 is 1.40 bits per heavy atom. The number of nitrogens with one attached hydrogen (secondary N) is 2. The second-order valence-electron chi connectivity index (χ2n) is 9.57. The fourth-order valence-corrected chi connectivity index (χ4v) is 7.01. The number of thioether (sulfide) groups is 1. The van der Waals surface area contributed by atoms with Crippen molar-refractivity contribution in [3.63, 3.8) is 0 Å². The molecule has 3 aromatic rings. The number of rotatable bonds is 11. The molecule has 0 bridgehead atoms. The molecule has 0 saturated carbocycles. The second kappa shape index (κ2) is 12.2. The molecule has 0 aromatic carbocycles. The summed E-state index contributed by atoms with van der Waals surface area (Å²) in [6.45, 7) is 1.90. The number of fused-ring (bicyclic) bond motifs is 2. The summed E-state index contributed by atoms with van der Waals surface area (Å²) in [5.74, 6) is -3.91. The number of β-lactam (4-membered cyclic amide) rings is 1. The van der Waals surface area contributed by atoms with E-state index in [9.17, 15) is 24.3 Å². The van der Waals surface area contributed by atoms with Crippen LogP contribution in [0.15, 0.2) is 41.0 Å². The van der Waals surface area contributed by atoms with Crippen molar-refractivity contribution in [3.05, 3.63) is 51.4 Å². The highest BCUT2D eigenvalue weighted by Crippen LogP contribution is 2.40. The number of nitrogens with two attached hydrogens (primary N) is 2. The molecule has 2 amide bonds. The van der Waals surface area contributed by atoms with E-state index in [1.54, 1.807) is 0 Å². The third kappa shape index (κ3) is 5.75. The van der Waals surface area contributed by atoms with Crippen LogP contribution in [0.3, 0.4) is 0 Å². The molecule has 2 aliphatic rings. The summed E-state index contributed by atoms with van der Waals surface area (Å²) >= 11 is 8.31. The molecule has 43 heavy (non-hydrogen) atoms. The highest BCUT2D eigenvalue weighted by atomic mass is 35.5. The Morgan fingerprint density at radius 3 is 2.81 bits per heavy atom. The first-order valence-corrected chi connectivity index (χ1v) is 15.0. The molecule has 3 aromatic heterocycles. The van der Waals surface area contributed by atoms with Gasteiger partial charge in [-0.15, -0.1) is 11.8 Å². The van der Waals surface area contributed by atoms with E-state index in [0.29, 0.717) is 18.5 Å². The Hall–Kier alpha value is -4.19. The van der Waals surface area contributed by atoms with Crippen LogP contribution in [0.1, 0.15) is 18.2 Å². The minimum Gasteiger partial charge on any atom is -0.478 e. The molecule has 8 N–H and O–H groups in total. The highest BCUT2D eigenvalue weighted by molar-refractivity contribution is 8.00. The van der Waals surface area contributed by atoms with Gasteiger partial charge in [0.15, 0.2) is 10.8 Å². The average Bonchev–Trinajstić information content (AvgIpc) is 3.53. The molecule has 15 nitrogen and oxygen atoms in total. The Bertz CT molecular complexity index is 1700. The number of carboxylic acid groups (broad SMARTS) is 2. The third-order valence-electron chi connectivity index (χ3n) is 6.80. The highest BCUT2D eigenvalue weighted by Gasteiger charge is 2.54. The third-order valence-corrected chi connectivity index (χ3v) is 9.23. The number of pyridine rings is 1. The van der Waals surface area contributed by atoms with Crippen LogP contribution >= 0.6 is 34.7 Å². The molecule has 0 radical (unpaired) electrons. The van der Waals surface area contributed by atoms with Gasteiger partial charge in [-0.05, 0) is 32.0 Å². The van der Waals surface area contributed by atoms with Crippen molar-refractivity contribution in [2.75, 3.05) is 18.0 Å². The molecule has 5 rings (SSSR count). The Balaban J connectivity index is 1.38. The number of nitrogens with zero attached hydrogens (tertiary/aromatic N) is 4. The first-order chi connectivity index (χ1) is 20.5. The Labute approximate surface area is 256 Å². The zero-order valence-corrected chi connectivity index (χ0v) is 24.8. The lowest BCUT2D eigenvalue weighted by atomic mass is 10.0. The van der Waals surface area contributed by atoms with E-state index in [4.69, 9.17) is 33.0 Å². The monoisotopic (exact) mass is 649 g/mol. The maximum absolute atomic E-state index is 13.3. The molecule has 2 aliphatic heterocycles. The fraction of sp³-hybridized carbons (Fsp3) is 0.320. The van der Waals surface area contributed by atoms with E-state index < -0.39 is 47.0 Å². The minimum atomic E-state index is -1.41. The zero-order valence-electron chi connectivity index (χ0n) is 22.4. The number of aliphatic carboxylic acids is 2. The van der Waals surface area contributed by atoms with Crippen molar-refractivity contribution >= 4 is 80.3 Å². The average molecular weight is 650 g/mol. The normalized spacial score (nSPS) is 19.2. The molecule has 0 spiro atoms. The number of oxime groups is 1. The number of carbonyl (C=O) groups is 4. The summed E-state index contributed by atoms with van der Waals surface area (Å²) in [6.07, 6.45) is 2.96. The summed E-state index contributed by atoms with van der Waals surface area (Å²) in [4.78, 5) is 63.4. The van der Waals surface area contributed by atoms with Crippen LogP contribution in [0.2, 0.25) is 4.34 Å². The number of carbonyl (C=O) groups excluding carboxylic acids is 2. The van der Waals surface area contributed by atoms with Crippen LogP contribution < -0.4 is 21.4 Å². The van der Waals surface area contributed by atoms with Gasteiger partial charge in [0.05, 0.1) is 17.8 Å². The van der Waals surface area contributed by atoms with Gasteiger partial charge >= 0.3 is 11.9 Å². The molecule has 5 heterocycles. The largest absolute Gasteiger partial charge is 0.478 e. The zero-order chi connectivity index (χ0) is 31.0. The smallest absolute Gasteiger partial charge is 0.352 e. The maximum atomic E-state index is 13.3. The molecular formula is C25H26ClN8O7S2+. The Kier molecular flexibility index (Phi) is 8.59. The van der Waals surface area contributed by atoms with Gasteiger partial charge in [0.2, 0.25) is 6.10 Å². The molecule has 3 atom stereocenters. The van der Waals surface area contributed by atoms with Crippen LogP contribution in [-0.2, 0) is 37.0 Å². The number of halogens is 1. The topological polar surface area (TPSA) is 230 Å². The van der Waals surface area contributed by atoms with E-state index in [2.05, 4.69) is 20.4 Å². The van der Waals surface area contributed by atoms with Gasteiger partial charge in [-0.1, -0.05) is 28.1 Å². The van der Waals surface area contributed by atoms with E-state index in [-0.39, 0.29) is 33.2 Å². The van der Waals surface area contributed by atoms with Crippen molar-refractivity contribution in [1.82, 2.24) is 20.2 Å². The number of hydrogen-bond donors (Lipinski definition) is 6. The van der Waals surface area contributed by atoms with Gasteiger partial charge in [-0.2, -0.15) is 0 Å². The number of H-pyrrole nitrogens is 1. The molecular weight excluding hydrogens is 624 g/mol. The molecule has 226 valence electrons. The Morgan fingerprint density at radius 2 is 2.16 bits per heavy atom. The number of aromatic amines is 1. The number of amides is 2. The quantitative estimate of drug-likeness (QED) is 0.0715. The van der Waals surface area contributed by atoms with Gasteiger partial charge in [-0.3, -0.25) is 14.5 Å². The summed E-state index contributed by atoms with van der Waals surface area (Å²) < 4.78 is 1.87. The van der Waals surface area contributed by atoms with Crippen LogP contribution in [0.25, 0.3) is 11.0 Å². The molecule has 0 aliphatic carbocycles. The second-order valence-corrected chi connectivity index (χ2v) is 12.3. The molecule has 1 saturated heterocycles. The summed E-state index contributed by atoms with van der Waals surface area (Å²) in [5.41, 5.74) is 13.0. The lowest BCUT2D eigenvalue weighted by Gasteiger charge is -2.49. The number of hydrogen-bond acceptors (Lipinski definition) is 11. The number of aromatic nitrogens is 3. The SMILES string of the molecule is C[C@H](O/N=C(\C(=O)N[C@@H]1C(=O)N2C(C(=O)O)=C(C[n+]3cccc4c(CCN)c[nH]c43)CS[C@H]12)c1nc(N)sc1Cl)C(=O)O. The van der Waals surface area contributed by atoms with Crippen LogP contribution in [-0.4, -0.2) is 84.4 Å². The van der Waals surface area contributed by atoms with Crippen molar-refractivity contribution < 1.29 is 38.8 Å². The van der Waals surface area contributed by atoms with Crippen LogP contribution in [0, 0.1) is 0 Å². The molecule has 18 heteroatoms. The van der Waals surface area contributed by atoms with Crippen molar-refractivity contribution in [3.8, 4) is 0 Å². The van der Waals surface area contributed by atoms with Gasteiger partial charge < -0.3 is 31.8 Å². The summed E-state index contributed by atoms with van der Waals surface area (Å²) in [5, 5.41) is 25.7. The van der Waals surface area contributed by atoms with E-state index in [1.807, 2.05) is 29.1 Å². The predicted molar refractivity (Wildman–Crippen MR) is 157 cm³/mol. The summed E-state index contributed by atoms with van der Waals surface area (Å²) in [6, 6.07) is 2.71. The lowest BCUT2D eigenvalue weighted by Crippen LogP contribution is -2.71. The molecule has 1 fully saturated rings. The predicted octanol–water partition coefficient (Wildman–Crippen LogP) is 0.281. The maximum Gasteiger partial charge on any atom is 0.352 e. The van der Waals surface area contributed by atoms with Gasteiger partial charge in [-0.25, -0.2) is 24.1 Å². The number of thiazole rings is 1. The number of nitrogen functional groups attached to an aromatic ring is 1. The van der Waals surface area contributed by atoms with Crippen molar-refractivity contribution in [2.45, 2.75) is 37.4 Å². The number of anilines is 1. The van der Waals surface area contributed by atoms with Crippen molar-refractivity contribution in [2.24, 2.45) is 10.9 Å². The molecule has 0 unspecified atom stereocenters. The standard InChI is InChI=1S/C25H25ClN8O7S2/c1-10(23(37)38)41-32-15(14-18(26)43-25(28)31-14)20(35)30-16-21(36)34-17(24(39)40)12(9-42-22(16)34)8-33-6-2-3-13-11(4-5-27)7-29-19(13)33/h2-3,6-7,10,16,22H,4-5,8-9,27H2,1H3,(H5,28,30,31,35,37,38,39,40)/p+1/b32-15-/t10-,16+,22+/m0/s1. The first kappa shape index (κ1) is 30.3. The first-order valence-electron chi connectivity index (χ1n) is 12.8. The van der Waals surface area contributed by atoms with Crippen molar-refractivity contribution in [1.29, 1.82) is 0 Å².